The molecule has 2 amide bonds. The van der Waals surface area contributed by atoms with Crippen molar-refractivity contribution in [3.05, 3.63) is 74.7 Å². The lowest BCUT2D eigenvalue weighted by atomic mass is 10.1. The number of carboxylic acids is 1. The number of para-hydroxylation sites is 1. The molecule has 0 radical (unpaired) electrons. The van der Waals surface area contributed by atoms with E-state index in [0.717, 1.165) is 16.7 Å². The van der Waals surface area contributed by atoms with E-state index >= 15 is 0 Å². The molecule has 0 saturated carbocycles. The lowest BCUT2D eigenvalue weighted by molar-refractivity contribution is -0.384. The van der Waals surface area contributed by atoms with Crippen molar-refractivity contribution in [3.8, 4) is 5.75 Å². The van der Waals surface area contributed by atoms with Gasteiger partial charge in [-0.1, -0.05) is 30.3 Å². The van der Waals surface area contributed by atoms with Gasteiger partial charge in [0.25, 0.3) is 16.8 Å². The fraction of sp³-hybridized carbons (Fsp3) is 0.105. The van der Waals surface area contributed by atoms with Crippen LogP contribution in [0.3, 0.4) is 0 Å². The Labute approximate surface area is 168 Å². The van der Waals surface area contributed by atoms with Crippen molar-refractivity contribution in [1.82, 2.24) is 4.90 Å². The van der Waals surface area contributed by atoms with Gasteiger partial charge in [-0.2, -0.15) is 0 Å². The Morgan fingerprint density at radius 2 is 1.86 bits per heavy atom. The number of imide groups is 1. The van der Waals surface area contributed by atoms with Crippen LogP contribution < -0.4 is 4.74 Å². The highest BCUT2D eigenvalue weighted by Gasteiger charge is 2.35. The molecular formula is C19H14N2O7S. The van der Waals surface area contributed by atoms with E-state index in [-0.39, 0.29) is 22.9 Å². The quantitative estimate of drug-likeness (QED) is 0.415. The number of non-ortho nitro benzene ring substituents is 1. The Bertz CT molecular complexity index is 1020. The van der Waals surface area contributed by atoms with E-state index in [1.807, 2.05) is 0 Å². The van der Waals surface area contributed by atoms with Crippen LogP contribution in [0.1, 0.15) is 11.1 Å². The van der Waals surface area contributed by atoms with Gasteiger partial charge in [0.15, 0.2) is 6.61 Å². The van der Waals surface area contributed by atoms with Gasteiger partial charge in [-0.25, -0.2) is 4.79 Å². The van der Waals surface area contributed by atoms with E-state index in [9.17, 15) is 24.5 Å². The van der Waals surface area contributed by atoms with E-state index < -0.39 is 28.6 Å². The summed E-state index contributed by atoms with van der Waals surface area (Å²) in [5.74, 6) is -1.37. The van der Waals surface area contributed by atoms with Crippen molar-refractivity contribution >= 4 is 40.6 Å². The Hall–Kier alpha value is -3.66. The number of nitrogens with zero attached hydrogens (tertiary/aromatic N) is 2. The molecule has 1 fully saturated rings. The van der Waals surface area contributed by atoms with Crippen LogP contribution in [0.2, 0.25) is 0 Å². The normalized spacial score (nSPS) is 15.0. The van der Waals surface area contributed by atoms with E-state index in [2.05, 4.69) is 0 Å². The third kappa shape index (κ3) is 4.79. The number of amides is 2. The molecule has 3 rings (SSSR count). The molecule has 1 heterocycles. The zero-order valence-corrected chi connectivity index (χ0v) is 15.6. The minimum atomic E-state index is -1.14. The molecule has 2 aromatic rings. The van der Waals surface area contributed by atoms with E-state index in [0.29, 0.717) is 11.1 Å². The molecule has 0 unspecified atom stereocenters. The molecule has 2 aromatic carbocycles. The summed E-state index contributed by atoms with van der Waals surface area (Å²) in [4.78, 5) is 47.0. The zero-order chi connectivity index (χ0) is 21.0. The Balaban J connectivity index is 1.78. The Kier molecular flexibility index (Phi) is 5.93. The second-order valence-corrected chi connectivity index (χ2v) is 6.90. The number of aliphatic carboxylic acids is 1. The Morgan fingerprint density at radius 1 is 1.17 bits per heavy atom. The van der Waals surface area contributed by atoms with Crippen LogP contribution in [-0.2, 0) is 16.1 Å². The van der Waals surface area contributed by atoms with Crippen LogP contribution in [-0.4, -0.2) is 38.7 Å². The predicted molar refractivity (Wildman–Crippen MR) is 104 cm³/mol. The van der Waals surface area contributed by atoms with E-state index in [1.165, 1.54) is 30.3 Å². The predicted octanol–water partition coefficient (Wildman–Crippen LogP) is 3.29. The van der Waals surface area contributed by atoms with Crippen LogP contribution in [0.5, 0.6) is 5.75 Å². The number of hydrogen-bond donors (Lipinski definition) is 1. The number of thioether (sulfide) groups is 1. The molecule has 1 saturated heterocycles. The highest BCUT2D eigenvalue weighted by molar-refractivity contribution is 8.18. The number of carbonyl (C=O) groups excluding carboxylic acids is 2. The molecule has 1 N–H and O–H groups in total. The van der Waals surface area contributed by atoms with Gasteiger partial charge in [0.05, 0.1) is 16.4 Å². The average Bonchev–Trinajstić information content (AvgIpc) is 2.95. The highest BCUT2D eigenvalue weighted by atomic mass is 32.2. The molecule has 10 heteroatoms. The number of hydrogen-bond acceptors (Lipinski definition) is 7. The number of nitro benzene ring substituents is 1. The van der Waals surface area contributed by atoms with Gasteiger partial charge in [0, 0.05) is 17.7 Å². The van der Waals surface area contributed by atoms with Crippen molar-refractivity contribution in [2.45, 2.75) is 6.54 Å². The van der Waals surface area contributed by atoms with Gasteiger partial charge in [-0.05, 0) is 29.5 Å². The average molecular weight is 414 g/mol. The minimum Gasteiger partial charge on any atom is -0.481 e. The van der Waals surface area contributed by atoms with Crippen LogP contribution in [0, 0.1) is 10.1 Å². The summed E-state index contributed by atoms with van der Waals surface area (Å²) in [6, 6.07) is 12.1. The number of carbonyl (C=O) groups is 3. The maximum absolute atomic E-state index is 12.7. The first kappa shape index (κ1) is 20.1. The largest absolute Gasteiger partial charge is 0.481 e. The third-order valence-corrected chi connectivity index (χ3v) is 4.83. The van der Waals surface area contributed by atoms with Crippen molar-refractivity contribution in [2.75, 3.05) is 6.61 Å². The topological polar surface area (TPSA) is 127 Å². The lowest BCUT2D eigenvalue weighted by Gasteiger charge is -2.12. The molecule has 0 aromatic heterocycles. The first-order valence-corrected chi connectivity index (χ1v) is 9.09. The third-order valence-electron chi connectivity index (χ3n) is 3.92. The highest BCUT2D eigenvalue weighted by Crippen LogP contribution is 2.35. The Morgan fingerprint density at radius 3 is 2.52 bits per heavy atom. The smallest absolute Gasteiger partial charge is 0.341 e. The van der Waals surface area contributed by atoms with Crippen LogP contribution in [0.15, 0.2) is 53.4 Å². The van der Waals surface area contributed by atoms with Gasteiger partial charge < -0.3 is 9.84 Å². The van der Waals surface area contributed by atoms with Crippen LogP contribution >= 0.6 is 11.8 Å². The molecule has 0 spiro atoms. The van der Waals surface area contributed by atoms with Gasteiger partial charge in [-0.15, -0.1) is 0 Å². The minimum absolute atomic E-state index is 0.0167. The first-order valence-electron chi connectivity index (χ1n) is 8.27. The van der Waals surface area contributed by atoms with E-state index in [1.54, 1.807) is 24.3 Å². The number of ether oxygens (including phenoxy) is 1. The lowest BCUT2D eigenvalue weighted by Crippen LogP contribution is -2.27. The molecule has 0 aliphatic carbocycles. The van der Waals surface area contributed by atoms with Gasteiger partial charge in [-0.3, -0.25) is 24.6 Å². The molecule has 0 atom stereocenters. The SMILES string of the molecule is O=C(O)COc1ccccc1/C=C1\SC(=O)N(Cc2ccc([N+](=O)[O-])cc2)C1=O. The van der Waals surface area contributed by atoms with Gasteiger partial charge in [0.1, 0.15) is 5.75 Å². The zero-order valence-electron chi connectivity index (χ0n) is 14.8. The maximum atomic E-state index is 12.7. The fourth-order valence-electron chi connectivity index (χ4n) is 2.55. The second kappa shape index (κ2) is 8.57. The molecule has 1 aliphatic heterocycles. The summed E-state index contributed by atoms with van der Waals surface area (Å²) in [5.41, 5.74) is 0.958. The molecule has 9 nitrogen and oxygen atoms in total. The number of benzene rings is 2. The van der Waals surface area contributed by atoms with Gasteiger partial charge in [0.2, 0.25) is 0 Å². The van der Waals surface area contributed by atoms with Crippen molar-refractivity contribution < 1.29 is 29.2 Å². The summed E-state index contributed by atoms with van der Waals surface area (Å²) in [6.07, 6.45) is 1.47. The molecule has 148 valence electrons. The fourth-order valence-corrected chi connectivity index (χ4v) is 3.38. The first-order chi connectivity index (χ1) is 13.8. The summed E-state index contributed by atoms with van der Waals surface area (Å²) in [7, 11) is 0. The molecule has 29 heavy (non-hydrogen) atoms. The van der Waals surface area contributed by atoms with Crippen molar-refractivity contribution in [1.29, 1.82) is 0 Å². The van der Waals surface area contributed by atoms with Crippen LogP contribution in [0.25, 0.3) is 6.08 Å². The van der Waals surface area contributed by atoms with E-state index in [4.69, 9.17) is 9.84 Å². The van der Waals surface area contributed by atoms with Crippen LogP contribution in [0.4, 0.5) is 10.5 Å². The summed E-state index contributed by atoms with van der Waals surface area (Å²) >= 11 is 0.755. The molecule has 1 aliphatic rings. The summed E-state index contributed by atoms with van der Waals surface area (Å²) in [5, 5.41) is 19.0. The van der Waals surface area contributed by atoms with Crippen molar-refractivity contribution in [3.63, 3.8) is 0 Å². The number of carboxylic acid groups (broad SMARTS) is 1. The van der Waals surface area contributed by atoms with Gasteiger partial charge >= 0.3 is 5.97 Å². The summed E-state index contributed by atoms with van der Waals surface area (Å²) < 4.78 is 5.21. The molecule has 0 bridgehead atoms. The standard InChI is InChI=1S/C19H14N2O7S/c22-17(23)11-28-15-4-2-1-3-13(15)9-16-18(24)20(19(25)29-16)10-12-5-7-14(8-6-12)21(26)27/h1-9H,10-11H2,(H,22,23)/b16-9-. The number of nitro groups is 1. The maximum Gasteiger partial charge on any atom is 0.341 e. The van der Waals surface area contributed by atoms with Crippen molar-refractivity contribution in [2.24, 2.45) is 0 Å². The monoisotopic (exact) mass is 414 g/mol. The summed E-state index contributed by atoms with van der Waals surface area (Å²) in [6.45, 7) is -0.552. The number of rotatable bonds is 7. The second-order valence-electron chi connectivity index (χ2n) is 5.91. The molecular weight excluding hydrogens is 400 g/mol.